The predicted octanol–water partition coefficient (Wildman–Crippen LogP) is 2.28. The molecule has 3 aliphatic rings. The van der Waals surface area contributed by atoms with Crippen LogP contribution in [0, 0.1) is 17.3 Å². The highest BCUT2D eigenvalue weighted by Gasteiger charge is 2.50. The van der Waals surface area contributed by atoms with Gasteiger partial charge in [-0.2, -0.15) is 0 Å². The summed E-state index contributed by atoms with van der Waals surface area (Å²) in [7, 11) is 0. The Hall–Kier alpha value is -1.06. The van der Waals surface area contributed by atoms with E-state index in [-0.39, 0.29) is 11.8 Å². The number of carbonyl (C=O) groups excluding carboxylic acids is 1. The van der Waals surface area contributed by atoms with Crippen LogP contribution in [0.2, 0.25) is 0 Å². The molecule has 2 saturated carbocycles. The third-order valence-electron chi connectivity index (χ3n) is 5.47. The predicted molar refractivity (Wildman–Crippen MR) is 70.6 cm³/mol. The average molecular weight is 265 g/mol. The monoisotopic (exact) mass is 265 g/mol. The Bertz CT molecular complexity index is 377. The molecule has 0 aromatic carbocycles. The fourth-order valence-corrected chi connectivity index (χ4v) is 3.98. The maximum atomic E-state index is 12.2. The van der Waals surface area contributed by atoms with E-state index in [1.54, 1.807) is 0 Å². The summed E-state index contributed by atoms with van der Waals surface area (Å²) in [6.07, 6.45) is 9.52. The Morgan fingerprint density at radius 1 is 0.947 bits per heavy atom. The van der Waals surface area contributed by atoms with Gasteiger partial charge in [0.25, 0.3) is 0 Å². The Morgan fingerprint density at radius 3 is 2.11 bits per heavy atom. The van der Waals surface area contributed by atoms with E-state index in [0.717, 1.165) is 25.9 Å². The Kier molecular flexibility index (Phi) is 3.27. The quantitative estimate of drug-likeness (QED) is 0.833. The van der Waals surface area contributed by atoms with Gasteiger partial charge in [0.05, 0.1) is 11.8 Å². The molecular formula is C15H23NO3. The van der Waals surface area contributed by atoms with Crippen molar-refractivity contribution in [3.8, 4) is 0 Å². The van der Waals surface area contributed by atoms with Gasteiger partial charge in [-0.15, -0.1) is 0 Å². The number of carbonyl (C=O) groups is 2. The van der Waals surface area contributed by atoms with Crippen LogP contribution in [0.5, 0.6) is 0 Å². The zero-order valence-corrected chi connectivity index (χ0v) is 11.4. The maximum absolute atomic E-state index is 12.2. The van der Waals surface area contributed by atoms with Gasteiger partial charge in [0.1, 0.15) is 0 Å². The van der Waals surface area contributed by atoms with Gasteiger partial charge in [-0.3, -0.25) is 9.59 Å². The SMILES string of the molecule is O=C(O)C1CC1C(=O)N1CCC2(CCCCC2)CC1. The molecule has 3 rings (SSSR count). The van der Waals surface area contributed by atoms with E-state index in [9.17, 15) is 9.59 Å². The third kappa shape index (κ3) is 2.49. The Labute approximate surface area is 114 Å². The van der Waals surface area contributed by atoms with Crippen LogP contribution >= 0.6 is 0 Å². The molecule has 3 fully saturated rings. The van der Waals surface area contributed by atoms with Gasteiger partial charge < -0.3 is 10.0 Å². The van der Waals surface area contributed by atoms with Gasteiger partial charge in [0, 0.05) is 13.1 Å². The molecule has 1 heterocycles. The molecule has 1 N–H and O–H groups in total. The molecular weight excluding hydrogens is 242 g/mol. The maximum Gasteiger partial charge on any atom is 0.307 e. The molecule has 0 radical (unpaired) electrons. The first kappa shape index (κ1) is 12.9. The lowest BCUT2D eigenvalue weighted by Gasteiger charge is -2.44. The number of hydrogen-bond donors (Lipinski definition) is 1. The van der Waals surface area contributed by atoms with Crippen molar-refractivity contribution in [2.45, 2.75) is 51.4 Å². The zero-order chi connectivity index (χ0) is 13.5. The van der Waals surface area contributed by atoms with Crippen LogP contribution in [0.25, 0.3) is 0 Å². The first-order chi connectivity index (χ1) is 9.11. The van der Waals surface area contributed by atoms with Gasteiger partial charge >= 0.3 is 5.97 Å². The van der Waals surface area contributed by atoms with Crippen molar-refractivity contribution in [1.29, 1.82) is 0 Å². The summed E-state index contributed by atoms with van der Waals surface area (Å²) < 4.78 is 0. The highest BCUT2D eigenvalue weighted by molar-refractivity contribution is 5.89. The standard InChI is InChI=1S/C15H23NO3/c17-13(11-10-12(11)14(18)19)16-8-6-15(7-9-16)4-2-1-3-5-15/h11-12H,1-10H2,(H,18,19). The summed E-state index contributed by atoms with van der Waals surface area (Å²) in [4.78, 5) is 25.0. The van der Waals surface area contributed by atoms with E-state index >= 15 is 0 Å². The number of nitrogens with zero attached hydrogens (tertiary/aromatic N) is 1. The van der Waals surface area contributed by atoms with Crippen molar-refractivity contribution in [1.82, 2.24) is 4.90 Å². The first-order valence-electron chi connectivity index (χ1n) is 7.63. The summed E-state index contributed by atoms with van der Waals surface area (Å²) in [5, 5.41) is 8.90. The van der Waals surface area contributed by atoms with Crippen LogP contribution in [-0.2, 0) is 9.59 Å². The van der Waals surface area contributed by atoms with Crippen LogP contribution < -0.4 is 0 Å². The smallest absolute Gasteiger partial charge is 0.307 e. The van der Waals surface area contributed by atoms with Crippen molar-refractivity contribution in [2.24, 2.45) is 17.3 Å². The number of carboxylic acid groups (broad SMARTS) is 1. The summed E-state index contributed by atoms with van der Waals surface area (Å²) in [6.45, 7) is 1.70. The van der Waals surface area contributed by atoms with Crippen LogP contribution in [-0.4, -0.2) is 35.0 Å². The van der Waals surface area contributed by atoms with E-state index in [4.69, 9.17) is 5.11 Å². The number of hydrogen-bond acceptors (Lipinski definition) is 2. The number of likely N-dealkylation sites (tertiary alicyclic amines) is 1. The number of amides is 1. The van der Waals surface area contributed by atoms with Crippen molar-refractivity contribution in [2.75, 3.05) is 13.1 Å². The van der Waals surface area contributed by atoms with Gasteiger partial charge in [-0.05, 0) is 37.5 Å². The molecule has 1 saturated heterocycles. The second-order valence-corrected chi connectivity index (χ2v) is 6.67. The molecule has 106 valence electrons. The molecule has 1 spiro atoms. The third-order valence-corrected chi connectivity index (χ3v) is 5.47. The first-order valence-corrected chi connectivity index (χ1v) is 7.63. The molecule has 1 amide bonds. The van der Waals surface area contributed by atoms with Crippen molar-refractivity contribution in [3.63, 3.8) is 0 Å². The highest BCUT2D eigenvalue weighted by Crippen LogP contribution is 2.46. The number of rotatable bonds is 2. The zero-order valence-electron chi connectivity index (χ0n) is 11.4. The lowest BCUT2D eigenvalue weighted by atomic mass is 9.68. The Balaban J connectivity index is 1.53. The lowest BCUT2D eigenvalue weighted by Crippen LogP contribution is -2.44. The topological polar surface area (TPSA) is 57.6 Å². The summed E-state index contributed by atoms with van der Waals surface area (Å²) in [5.41, 5.74) is 0.505. The molecule has 0 aromatic heterocycles. The van der Waals surface area contributed by atoms with E-state index < -0.39 is 11.9 Å². The average Bonchev–Trinajstić information content (AvgIpc) is 3.20. The second-order valence-electron chi connectivity index (χ2n) is 6.67. The lowest BCUT2D eigenvalue weighted by molar-refractivity contribution is -0.142. The minimum absolute atomic E-state index is 0.0954. The van der Waals surface area contributed by atoms with Crippen LogP contribution in [0.1, 0.15) is 51.4 Å². The van der Waals surface area contributed by atoms with E-state index in [0.29, 0.717) is 11.8 Å². The van der Waals surface area contributed by atoms with E-state index in [1.807, 2.05) is 4.90 Å². The molecule has 2 atom stereocenters. The summed E-state index contributed by atoms with van der Waals surface area (Å²) in [6, 6.07) is 0. The summed E-state index contributed by atoms with van der Waals surface area (Å²) in [5.74, 6) is -1.34. The fraction of sp³-hybridized carbons (Fsp3) is 0.867. The molecule has 19 heavy (non-hydrogen) atoms. The van der Waals surface area contributed by atoms with Crippen molar-refractivity contribution < 1.29 is 14.7 Å². The van der Waals surface area contributed by atoms with Gasteiger partial charge in [0.2, 0.25) is 5.91 Å². The van der Waals surface area contributed by atoms with E-state index in [2.05, 4.69) is 0 Å². The number of piperidine rings is 1. The van der Waals surface area contributed by atoms with Gasteiger partial charge in [0.15, 0.2) is 0 Å². The largest absolute Gasteiger partial charge is 0.481 e. The molecule has 1 aliphatic heterocycles. The minimum atomic E-state index is -0.806. The van der Waals surface area contributed by atoms with Crippen molar-refractivity contribution >= 4 is 11.9 Å². The van der Waals surface area contributed by atoms with Crippen molar-refractivity contribution in [3.05, 3.63) is 0 Å². The Morgan fingerprint density at radius 2 is 1.58 bits per heavy atom. The normalized spacial score (nSPS) is 33.2. The fourth-order valence-electron chi connectivity index (χ4n) is 3.98. The second kappa shape index (κ2) is 4.80. The molecule has 0 bridgehead atoms. The van der Waals surface area contributed by atoms with Crippen LogP contribution in [0.4, 0.5) is 0 Å². The number of carboxylic acids is 1. The molecule has 4 nitrogen and oxygen atoms in total. The molecule has 2 aliphatic carbocycles. The number of aliphatic carboxylic acids is 1. The van der Waals surface area contributed by atoms with E-state index in [1.165, 1.54) is 32.1 Å². The highest BCUT2D eigenvalue weighted by atomic mass is 16.4. The molecule has 2 unspecified atom stereocenters. The van der Waals surface area contributed by atoms with Crippen LogP contribution in [0.15, 0.2) is 0 Å². The van der Waals surface area contributed by atoms with Gasteiger partial charge in [-0.1, -0.05) is 19.3 Å². The van der Waals surface area contributed by atoms with Crippen LogP contribution in [0.3, 0.4) is 0 Å². The minimum Gasteiger partial charge on any atom is -0.481 e. The molecule has 4 heteroatoms. The van der Waals surface area contributed by atoms with Gasteiger partial charge in [-0.25, -0.2) is 0 Å². The summed E-state index contributed by atoms with van der Waals surface area (Å²) >= 11 is 0. The molecule has 0 aromatic rings.